The molecule has 1 N–H and O–H groups in total. The van der Waals surface area contributed by atoms with Crippen LogP contribution in [0.1, 0.15) is 24.0 Å². The molecule has 0 radical (unpaired) electrons. The minimum Gasteiger partial charge on any atom is -0.352 e. The monoisotopic (exact) mass is 388 g/mol. The lowest BCUT2D eigenvalue weighted by Crippen LogP contribution is -2.38. The van der Waals surface area contributed by atoms with Crippen molar-refractivity contribution in [1.29, 1.82) is 0 Å². The lowest BCUT2D eigenvalue weighted by molar-refractivity contribution is -0.121. The van der Waals surface area contributed by atoms with Gasteiger partial charge in [-0.15, -0.1) is 0 Å². The Labute approximate surface area is 149 Å². The van der Waals surface area contributed by atoms with E-state index in [4.69, 9.17) is 0 Å². The maximum Gasteiger partial charge on any atom is 0.221 e. The van der Waals surface area contributed by atoms with Crippen LogP contribution in [-0.4, -0.2) is 57.4 Å². The third-order valence-corrected chi connectivity index (χ3v) is 7.28. The summed E-state index contributed by atoms with van der Waals surface area (Å²) in [6, 6.07) is 7.11. The minimum absolute atomic E-state index is 0.00447. The molecule has 0 aromatic heterocycles. The molecule has 1 atom stereocenters. The summed E-state index contributed by atoms with van der Waals surface area (Å²) < 4.78 is 48.1. The fraction of sp³-hybridized carbons (Fsp3) is 0.562. The van der Waals surface area contributed by atoms with Gasteiger partial charge in [0.2, 0.25) is 15.9 Å². The molecule has 1 heterocycles. The Balaban J connectivity index is 1.94. The number of amides is 1. The van der Waals surface area contributed by atoms with Crippen molar-refractivity contribution < 1.29 is 21.6 Å². The van der Waals surface area contributed by atoms with Gasteiger partial charge in [-0.25, -0.2) is 16.8 Å². The summed E-state index contributed by atoms with van der Waals surface area (Å²) in [6.07, 6.45) is 1.52. The Morgan fingerprint density at radius 2 is 2.00 bits per heavy atom. The van der Waals surface area contributed by atoms with E-state index in [1.807, 2.05) is 31.2 Å². The molecular weight excluding hydrogens is 364 g/mol. The van der Waals surface area contributed by atoms with Crippen molar-refractivity contribution >= 4 is 25.8 Å². The number of aryl methyl sites for hydroxylation is 1. The van der Waals surface area contributed by atoms with Crippen molar-refractivity contribution in [2.24, 2.45) is 0 Å². The van der Waals surface area contributed by atoms with Gasteiger partial charge in [-0.1, -0.05) is 24.3 Å². The van der Waals surface area contributed by atoms with Crippen LogP contribution in [0.15, 0.2) is 24.3 Å². The maximum absolute atomic E-state index is 12.0. The molecule has 1 aliphatic heterocycles. The van der Waals surface area contributed by atoms with Gasteiger partial charge in [-0.3, -0.25) is 4.79 Å². The first kappa shape index (κ1) is 19.9. The van der Waals surface area contributed by atoms with Crippen LogP contribution >= 0.6 is 0 Å². The fourth-order valence-corrected chi connectivity index (χ4v) is 5.24. The predicted octanol–water partition coefficient (Wildman–Crippen LogP) is 0.450. The number of carbonyl (C=O) groups excluding carboxylic acids is 1. The van der Waals surface area contributed by atoms with Gasteiger partial charge < -0.3 is 5.32 Å². The molecule has 1 aromatic rings. The molecule has 140 valence electrons. The Bertz CT molecular complexity index is 834. The Morgan fingerprint density at radius 1 is 1.32 bits per heavy atom. The molecule has 0 aliphatic carbocycles. The van der Waals surface area contributed by atoms with Gasteiger partial charge in [0.25, 0.3) is 0 Å². The second-order valence-electron chi connectivity index (χ2n) is 6.44. The second-order valence-corrected chi connectivity index (χ2v) is 10.7. The molecule has 2 rings (SSSR count). The van der Waals surface area contributed by atoms with E-state index < -0.39 is 19.9 Å². The predicted molar refractivity (Wildman–Crippen MR) is 96.3 cm³/mol. The quantitative estimate of drug-likeness (QED) is 0.731. The van der Waals surface area contributed by atoms with E-state index in [0.29, 0.717) is 6.42 Å². The lowest BCUT2D eigenvalue weighted by atomic mass is 10.1. The van der Waals surface area contributed by atoms with Gasteiger partial charge in [-0.2, -0.15) is 4.31 Å². The molecule has 1 aromatic carbocycles. The normalized spacial score (nSPS) is 19.9. The number of nitrogens with one attached hydrogen (secondary N) is 1. The summed E-state index contributed by atoms with van der Waals surface area (Å²) >= 11 is 0. The highest BCUT2D eigenvalue weighted by atomic mass is 32.2. The van der Waals surface area contributed by atoms with Crippen molar-refractivity contribution in [3.05, 3.63) is 35.4 Å². The third kappa shape index (κ3) is 6.09. The van der Waals surface area contributed by atoms with Crippen LogP contribution in [0.3, 0.4) is 0 Å². The lowest BCUT2D eigenvalue weighted by Gasteiger charge is -2.21. The van der Waals surface area contributed by atoms with Crippen LogP contribution in [0.4, 0.5) is 0 Å². The summed E-state index contributed by atoms with van der Waals surface area (Å²) in [7, 11) is -6.53. The van der Waals surface area contributed by atoms with Gasteiger partial charge in [0.15, 0.2) is 9.84 Å². The van der Waals surface area contributed by atoms with Crippen molar-refractivity contribution in [3.8, 4) is 0 Å². The molecule has 0 spiro atoms. The molecule has 7 nitrogen and oxygen atoms in total. The highest BCUT2D eigenvalue weighted by molar-refractivity contribution is 7.91. The number of benzene rings is 1. The number of sulfone groups is 1. The summed E-state index contributed by atoms with van der Waals surface area (Å²) in [5.41, 5.74) is 1.87. The van der Waals surface area contributed by atoms with Gasteiger partial charge in [0, 0.05) is 25.6 Å². The third-order valence-electron chi connectivity index (χ3n) is 4.26. The number of carbonyl (C=O) groups is 1. The van der Waals surface area contributed by atoms with Crippen LogP contribution in [0.25, 0.3) is 0 Å². The first-order valence-corrected chi connectivity index (χ1v) is 11.7. The second kappa shape index (κ2) is 7.84. The number of hydrogen-bond donors (Lipinski definition) is 1. The molecule has 0 saturated carbocycles. The summed E-state index contributed by atoms with van der Waals surface area (Å²) in [5.74, 6) is -0.293. The number of hydrogen-bond acceptors (Lipinski definition) is 5. The first-order valence-electron chi connectivity index (χ1n) is 8.06. The van der Waals surface area contributed by atoms with Crippen LogP contribution in [0.2, 0.25) is 0 Å². The Kier molecular flexibility index (Phi) is 6.23. The van der Waals surface area contributed by atoms with E-state index in [9.17, 15) is 21.6 Å². The molecule has 1 amide bonds. The highest BCUT2D eigenvalue weighted by Crippen LogP contribution is 2.14. The number of sulfonamides is 1. The van der Waals surface area contributed by atoms with Gasteiger partial charge in [-0.05, 0) is 24.5 Å². The van der Waals surface area contributed by atoms with E-state index in [2.05, 4.69) is 5.32 Å². The average molecular weight is 389 g/mol. The SMILES string of the molecule is Cc1ccccc1CN(CCC(=O)NC1CCS(=O)(=O)C1)S(C)(=O)=O. The van der Waals surface area contributed by atoms with Gasteiger partial charge in [0.1, 0.15) is 0 Å². The molecule has 1 fully saturated rings. The summed E-state index contributed by atoms with van der Waals surface area (Å²) in [4.78, 5) is 12.0. The largest absolute Gasteiger partial charge is 0.352 e. The molecule has 25 heavy (non-hydrogen) atoms. The van der Waals surface area contributed by atoms with Crippen LogP contribution in [-0.2, 0) is 31.2 Å². The standard InChI is InChI=1S/C16H24N2O5S2/c1-13-5-3-4-6-14(13)11-18(24(2,20)21)9-7-16(19)17-15-8-10-25(22,23)12-15/h3-6,15H,7-12H2,1-2H3,(H,17,19). The molecular formula is C16H24N2O5S2. The van der Waals surface area contributed by atoms with E-state index in [0.717, 1.165) is 17.4 Å². The van der Waals surface area contributed by atoms with Crippen molar-refractivity contribution in [1.82, 2.24) is 9.62 Å². The van der Waals surface area contributed by atoms with E-state index in [-0.39, 0.29) is 43.0 Å². The fourth-order valence-electron chi connectivity index (χ4n) is 2.77. The molecule has 0 bridgehead atoms. The number of nitrogens with zero attached hydrogens (tertiary/aromatic N) is 1. The Hall–Kier alpha value is -1.45. The van der Waals surface area contributed by atoms with Crippen molar-refractivity contribution in [2.75, 3.05) is 24.3 Å². The molecule has 1 aliphatic rings. The maximum atomic E-state index is 12.0. The zero-order chi connectivity index (χ0) is 18.7. The minimum atomic E-state index is -3.46. The highest BCUT2D eigenvalue weighted by Gasteiger charge is 2.29. The van der Waals surface area contributed by atoms with E-state index in [1.165, 1.54) is 4.31 Å². The van der Waals surface area contributed by atoms with Crippen molar-refractivity contribution in [3.63, 3.8) is 0 Å². The van der Waals surface area contributed by atoms with Gasteiger partial charge >= 0.3 is 0 Å². The van der Waals surface area contributed by atoms with Crippen molar-refractivity contribution in [2.45, 2.75) is 32.4 Å². The van der Waals surface area contributed by atoms with Crippen LogP contribution < -0.4 is 5.32 Å². The smallest absolute Gasteiger partial charge is 0.221 e. The van der Waals surface area contributed by atoms with E-state index >= 15 is 0 Å². The average Bonchev–Trinajstić information content (AvgIpc) is 2.82. The van der Waals surface area contributed by atoms with Crippen LogP contribution in [0.5, 0.6) is 0 Å². The summed E-state index contributed by atoms with van der Waals surface area (Å²) in [6.45, 7) is 2.16. The topological polar surface area (TPSA) is 101 Å². The summed E-state index contributed by atoms with van der Waals surface area (Å²) in [5, 5.41) is 2.68. The first-order chi connectivity index (χ1) is 11.6. The Morgan fingerprint density at radius 3 is 2.56 bits per heavy atom. The zero-order valence-corrected chi connectivity index (χ0v) is 16.1. The number of rotatable bonds is 7. The van der Waals surface area contributed by atoms with Crippen LogP contribution in [0, 0.1) is 6.92 Å². The van der Waals surface area contributed by atoms with E-state index in [1.54, 1.807) is 0 Å². The molecule has 1 unspecified atom stereocenters. The zero-order valence-electron chi connectivity index (χ0n) is 14.4. The molecule has 9 heteroatoms. The van der Waals surface area contributed by atoms with Gasteiger partial charge in [0.05, 0.1) is 17.8 Å². The molecule has 1 saturated heterocycles.